The first kappa shape index (κ1) is 34.0. The first-order valence-corrected chi connectivity index (χ1v) is 17.4. The van der Waals surface area contributed by atoms with Crippen molar-refractivity contribution in [3.8, 4) is 11.1 Å². The van der Waals surface area contributed by atoms with Gasteiger partial charge in [-0.1, -0.05) is 72.8 Å². The maximum Gasteiger partial charge on any atom is 0.338 e. The van der Waals surface area contributed by atoms with Crippen LogP contribution in [0.5, 0.6) is 0 Å². The van der Waals surface area contributed by atoms with Crippen molar-refractivity contribution in [2.75, 3.05) is 5.75 Å². The smallest absolute Gasteiger partial charge is 0.338 e. The molecule has 0 radical (unpaired) electrons. The number of hydrogen-bond acceptors (Lipinski definition) is 9. The van der Waals surface area contributed by atoms with Gasteiger partial charge in [0.15, 0.2) is 6.29 Å². The van der Waals surface area contributed by atoms with Crippen LogP contribution in [-0.2, 0) is 22.6 Å². The molecule has 1 aliphatic rings. The Bertz CT molecular complexity index is 2180. The summed E-state index contributed by atoms with van der Waals surface area (Å²) in [6, 6.07) is 34.2. The minimum Gasteiger partial charge on any atom is -0.478 e. The van der Waals surface area contributed by atoms with E-state index in [0.717, 1.165) is 38.9 Å². The van der Waals surface area contributed by atoms with Crippen molar-refractivity contribution in [1.29, 1.82) is 0 Å². The van der Waals surface area contributed by atoms with Crippen LogP contribution in [-0.4, -0.2) is 48.9 Å². The number of carbonyl (C=O) groups excluding carboxylic acids is 1. The number of aromatic nitrogens is 3. The summed E-state index contributed by atoms with van der Waals surface area (Å²) in [5, 5.41) is 22.6. The molecule has 51 heavy (non-hydrogen) atoms. The Morgan fingerprint density at radius 1 is 0.804 bits per heavy atom. The topological polar surface area (TPSA) is 144 Å². The van der Waals surface area contributed by atoms with E-state index in [-0.39, 0.29) is 36.0 Å². The van der Waals surface area contributed by atoms with Gasteiger partial charge in [-0.25, -0.2) is 14.8 Å². The maximum absolute atomic E-state index is 12.9. The maximum atomic E-state index is 12.9. The van der Waals surface area contributed by atoms with E-state index >= 15 is 0 Å². The number of para-hydroxylation sites is 2. The predicted octanol–water partition coefficient (Wildman–Crippen LogP) is 7.15. The van der Waals surface area contributed by atoms with Crippen LogP contribution in [0, 0.1) is 0 Å². The highest BCUT2D eigenvalue weighted by molar-refractivity contribution is 7.99. The molecule has 1 saturated heterocycles. The van der Waals surface area contributed by atoms with Crippen LogP contribution in [0.2, 0.25) is 0 Å². The Hall–Kier alpha value is -5.46. The van der Waals surface area contributed by atoms with E-state index in [1.807, 2.05) is 97.1 Å². The molecule has 0 spiro atoms. The molecule has 1 amide bonds. The van der Waals surface area contributed by atoms with E-state index in [1.54, 1.807) is 18.3 Å². The van der Waals surface area contributed by atoms with E-state index in [2.05, 4.69) is 20.3 Å². The Kier molecular flexibility index (Phi) is 10.4. The molecular weight excluding hydrogens is 665 g/mol. The number of hydrogen-bond donors (Lipinski definition) is 3. The van der Waals surface area contributed by atoms with Gasteiger partial charge in [0.25, 0.3) is 5.91 Å². The number of carboxylic acid groups (broad SMARTS) is 1. The van der Waals surface area contributed by atoms with Crippen LogP contribution in [0.4, 0.5) is 0 Å². The molecule has 4 aromatic carbocycles. The molecule has 11 heteroatoms. The third-order valence-electron chi connectivity index (χ3n) is 8.58. The highest BCUT2D eigenvalue weighted by atomic mass is 32.2. The number of aliphatic hydroxyl groups is 1. The molecule has 0 bridgehead atoms. The molecule has 7 rings (SSSR count). The van der Waals surface area contributed by atoms with E-state index in [4.69, 9.17) is 9.47 Å². The monoisotopic (exact) mass is 698 g/mol. The molecule has 1 aliphatic heterocycles. The van der Waals surface area contributed by atoms with Crippen molar-refractivity contribution < 1.29 is 29.3 Å². The number of pyridine rings is 1. The number of rotatable bonds is 11. The van der Waals surface area contributed by atoms with Crippen LogP contribution in [0.3, 0.4) is 0 Å². The number of thioether (sulfide) groups is 1. The second-order valence-electron chi connectivity index (χ2n) is 12.1. The van der Waals surface area contributed by atoms with Gasteiger partial charge in [0, 0.05) is 30.5 Å². The van der Waals surface area contributed by atoms with Crippen LogP contribution < -0.4 is 5.32 Å². The number of carboxylic acids is 1. The van der Waals surface area contributed by atoms with Crippen LogP contribution >= 0.6 is 11.8 Å². The number of aromatic carboxylic acids is 1. The van der Waals surface area contributed by atoms with Gasteiger partial charge in [-0.2, -0.15) is 0 Å². The van der Waals surface area contributed by atoms with Crippen LogP contribution in [0.15, 0.2) is 127 Å². The standard InChI is InChI=1S/C40H34N4O6S/c45-23-25-13-15-27(16-14-25)36-20-31(24-51-38-32(39(47)48)10-5-17-41-38)49-40(50-36)30-9-4-8-29(19-30)28-7-3-6-26(18-28)21-43-37(46)35-22-42-33-11-1-2-12-34(33)44-35/h1-19,22,31,36,40,45H,20-21,23-24H2,(H,43,46)(H,47,48)/t31-,36+,40+/m0/s1. The third-order valence-corrected chi connectivity index (χ3v) is 9.71. The first-order valence-electron chi connectivity index (χ1n) is 16.4. The molecular formula is C40H34N4O6S. The molecule has 0 unspecified atom stereocenters. The summed E-state index contributed by atoms with van der Waals surface area (Å²) in [5.41, 5.74) is 7.23. The average Bonchev–Trinajstić information content (AvgIpc) is 3.19. The molecule has 2 aromatic heterocycles. The lowest BCUT2D eigenvalue weighted by atomic mass is 9.99. The van der Waals surface area contributed by atoms with Gasteiger partial charge in [-0.3, -0.25) is 9.78 Å². The Labute approximate surface area is 298 Å². The molecule has 3 atom stereocenters. The van der Waals surface area contributed by atoms with Gasteiger partial charge in [0.05, 0.1) is 41.6 Å². The number of benzene rings is 4. The lowest BCUT2D eigenvalue weighted by Gasteiger charge is -2.36. The minimum absolute atomic E-state index is 0.0493. The average molecular weight is 699 g/mol. The van der Waals surface area contributed by atoms with Gasteiger partial charge in [-0.15, -0.1) is 11.8 Å². The van der Waals surface area contributed by atoms with Crippen molar-refractivity contribution in [3.05, 3.63) is 155 Å². The fraction of sp³-hybridized carbons (Fsp3) is 0.175. The first-order chi connectivity index (χ1) is 24.9. The van der Waals surface area contributed by atoms with Gasteiger partial charge < -0.3 is 25.0 Å². The van der Waals surface area contributed by atoms with Gasteiger partial charge >= 0.3 is 5.97 Å². The SMILES string of the molecule is O=C(NCc1cccc(-c2cccc([C@@H]3O[C@H](CSc4ncccc4C(=O)O)C[C@H](c4ccc(CO)cc4)O3)c2)c1)c1cnc2ccccc2n1. The van der Waals surface area contributed by atoms with Crippen molar-refractivity contribution in [1.82, 2.24) is 20.3 Å². The number of amides is 1. The van der Waals surface area contributed by atoms with Crippen molar-refractivity contribution in [3.63, 3.8) is 0 Å². The summed E-state index contributed by atoms with van der Waals surface area (Å²) in [6.45, 7) is 0.262. The van der Waals surface area contributed by atoms with E-state index in [0.29, 0.717) is 29.3 Å². The molecule has 6 aromatic rings. The van der Waals surface area contributed by atoms with Gasteiger partial charge in [-0.05, 0) is 64.2 Å². The summed E-state index contributed by atoms with van der Waals surface area (Å²) in [7, 11) is 0. The highest BCUT2D eigenvalue weighted by Crippen LogP contribution is 2.40. The second kappa shape index (κ2) is 15.6. The Balaban J connectivity index is 1.08. The zero-order valence-corrected chi connectivity index (χ0v) is 28.2. The lowest BCUT2D eigenvalue weighted by Crippen LogP contribution is -2.31. The summed E-state index contributed by atoms with van der Waals surface area (Å²) in [6.07, 6.45) is 2.35. The minimum atomic E-state index is -1.03. The van der Waals surface area contributed by atoms with Crippen molar-refractivity contribution >= 4 is 34.7 Å². The zero-order chi connectivity index (χ0) is 35.2. The number of nitrogens with one attached hydrogen (secondary N) is 1. The fourth-order valence-electron chi connectivity index (χ4n) is 5.93. The summed E-state index contributed by atoms with van der Waals surface area (Å²) >= 11 is 1.35. The molecule has 1 fully saturated rings. The summed E-state index contributed by atoms with van der Waals surface area (Å²) < 4.78 is 13.1. The van der Waals surface area contributed by atoms with E-state index in [9.17, 15) is 19.8 Å². The Morgan fingerprint density at radius 2 is 1.59 bits per heavy atom. The van der Waals surface area contributed by atoms with Crippen LogP contribution in [0.1, 0.15) is 61.9 Å². The zero-order valence-electron chi connectivity index (χ0n) is 27.4. The molecule has 3 heterocycles. The third kappa shape index (κ3) is 8.13. The summed E-state index contributed by atoms with van der Waals surface area (Å²) in [4.78, 5) is 37.8. The number of ether oxygens (including phenoxy) is 2. The Morgan fingerprint density at radius 3 is 2.39 bits per heavy atom. The van der Waals surface area contributed by atoms with E-state index < -0.39 is 12.3 Å². The lowest BCUT2D eigenvalue weighted by molar-refractivity contribution is -0.245. The van der Waals surface area contributed by atoms with Crippen LogP contribution in [0.25, 0.3) is 22.2 Å². The molecule has 3 N–H and O–H groups in total. The van der Waals surface area contributed by atoms with Gasteiger partial charge in [0.2, 0.25) is 0 Å². The largest absolute Gasteiger partial charge is 0.478 e. The molecule has 10 nitrogen and oxygen atoms in total. The number of aliphatic hydroxyl groups excluding tert-OH is 1. The normalized spacial score (nSPS) is 17.2. The molecule has 0 saturated carbocycles. The molecule has 0 aliphatic carbocycles. The van der Waals surface area contributed by atoms with Gasteiger partial charge in [0.1, 0.15) is 10.7 Å². The molecule has 256 valence electrons. The number of nitrogens with zero attached hydrogens (tertiary/aromatic N) is 3. The predicted molar refractivity (Wildman–Crippen MR) is 193 cm³/mol. The fourth-order valence-corrected chi connectivity index (χ4v) is 6.93. The van der Waals surface area contributed by atoms with Crippen molar-refractivity contribution in [2.45, 2.75) is 43.1 Å². The highest BCUT2D eigenvalue weighted by Gasteiger charge is 2.33. The quantitative estimate of drug-likeness (QED) is 0.119. The number of carbonyl (C=O) groups is 2. The van der Waals surface area contributed by atoms with E-state index in [1.165, 1.54) is 18.0 Å². The number of fused-ring (bicyclic) bond motifs is 1. The second-order valence-corrected chi connectivity index (χ2v) is 13.1. The van der Waals surface area contributed by atoms with Crippen molar-refractivity contribution in [2.24, 2.45) is 0 Å². The summed E-state index contributed by atoms with van der Waals surface area (Å²) in [5.74, 6) is -0.857.